The number of hydrogen-bond acceptors (Lipinski definition) is 4. The Morgan fingerprint density at radius 3 is 1.84 bits per heavy atom. The van der Waals surface area contributed by atoms with E-state index in [1.165, 1.54) is 32.1 Å². The third kappa shape index (κ3) is 8.80. The molecule has 0 bridgehead atoms. The normalized spacial score (nSPS) is 13.7. The van der Waals surface area contributed by atoms with E-state index in [2.05, 4.69) is 6.92 Å². The molecule has 0 unspecified atom stereocenters. The zero-order valence-corrected chi connectivity index (χ0v) is 13.7. The topological polar surface area (TPSA) is 55.8 Å². The van der Waals surface area contributed by atoms with Crippen molar-refractivity contribution in [1.82, 2.24) is 0 Å². The van der Waals surface area contributed by atoms with Gasteiger partial charge in [0, 0.05) is 0 Å². The zero-order chi connectivity index (χ0) is 14.6. The summed E-state index contributed by atoms with van der Waals surface area (Å²) >= 11 is 0. The van der Waals surface area contributed by atoms with Crippen LogP contribution in [0.3, 0.4) is 0 Å². The molecule has 0 amide bonds. The highest BCUT2D eigenvalue weighted by Gasteiger charge is 2.33. The van der Waals surface area contributed by atoms with Crippen molar-refractivity contribution in [3.63, 3.8) is 0 Å². The average Bonchev–Trinajstić information content (AvgIpc) is 2.38. The molecule has 0 aliphatic rings. The summed E-state index contributed by atoms with van der Waals surface area (Å²) < 4.78 is 22.5. The second kappa shape index (κ2) is 11.9. The van der Waals surface area contributed by atoms with Crippen molar-refractivity contribution in [2.45, 2.75) is 78.0 Å². The molecule has 116 valence electrons. The first-order chi connectivity index (χ1) is 9.10. The molecule has 0 heterocycles. The third-order valence-corrected chi connectivity index (χ3v) is 5.27. The molecule has 0 aliphatic heterocycles. The van der Waals surface area contributed by atoms with Crippen LogP contribution in [0.4, 0.5) is 0 Å². The monoisotopic (exact) mass is 294 g/mol. The molecule has 0 saturated carbocycles. The van der Waals surface area contributed by atoms with Crippen LogP contribution in [0.1, 0.15) is 72.1 Å². The summed E-state index contributed by atoms with van der Waals surface area (Å²) in [7, 11) is -3.32. The minimum absolute atomic E-state index is 0.297. The minimum Gasteiger partial charge on any atom is -0.380 e. The van der Waals surface area contributed by atoms with Gasteiger partial charge >= 0.3 is 7.60 Å². The first-order valence-electron chi connectivity index (χ1n) is 7.67. The molecule has 0 aromatic rings. The van der Waals surface area contributed by atoms with Crippen LogP contribution in [0.5, 0.6) is 0 Å². The van der Waals surface area contributed by atoms with Gasteiger partial charge in [0.1, 0.15) is 0 Å². The fourth-order valence-corrected chi connectivity index (χ4v) is 3.65. The maximum absolute atomic E-state index is 12.2. The molecule has 1 N–H and O–H groups in total. The van der Waals surface area contributed by atoms with Crippen LogP contribution in [0.15, 0.2) is 0 Å². The highest BCUT2D eigenvalue weighted by molar-refractivity contribution is 7.54. The fraction of sp³-hybridized carbons (Fsp3) is 1.00. The maximum atomic E-state index is 12.2. The van der Waals surface area contributed by atoms with Gasteiger partial charge in [-0.15, -0.1) is 0 Å². The highest BCUT2D eigenvalue weighted by atomic mass is 31.2. The summed E-state index contributed by atoms with van der Waals surface area (Å²) in [5.41, 5.74) is 0. The van der Waals surface area contributed by atoms with E-state index in [9.17, 15) is 9.67 Å². The Morgan fingerprint density at radius 1 is 0.895 bits per heavy atom. The summed E-state index contributed by atoms with van der Waals surface area (Å²) in [5.74, 6) is -0.983. The van der Waals surface area contributed by atoms with E-state index >= 15 is 0 Å². The number of rotatable bonds is 13. The lowest BCUT2D eigenvalue weighted by Gasteiger charge is -2.22. The van der Waals surface area contributed by atoms with E-state index in [-0.39, 0.29) is 0 Å². The van der Waals surface area contributed by atoms with Crippen LogP contribution >= 0.6 is 7.60 Å². The Bertz CT molecular complexity index is 236. The third-order valence-electron chi connectivity index (χ3n) is 3.05. The lowest BCUT2D eigenvalue weighted by atomic mass is 10.1. The molecular weight excluding hydrogens is 263 g/mol. The Labute approximate surface area is 118 Å². The summed E-state index contributed by atoms with van der Waals surface area (Å²) in [4.78, 5) is 0. The summed E-state index contributed by atoms with van der Waals surface area (Å²) in [6, 6.07) is 0. The van der Waals surface area contributed by atoms with E-state index in [4.69, 9.17) is 9.05 Å². The number of unbranched alkanes of at least 4 members (excludes halogenated alkanes) is 6. The molecule has 5 heteroatoms. The quantitative estimate of drug-likeness (QED) is 0.395. The SMILES string of the molecule is CCCCCCCCC[C@@H](O)P(=O)(OCC)OCC. The molecule has 1 atom stereocenters. The van der Waals surface area contributed by atoms with E-state index in [1.807, 2.05) is 0 Å². The van der Waals surface area contributed by atoms with Crippen molar-refractivity contribution in [2.75, 3.05) is 13.2 Å². The van der Waals surface area contributed by atoms with Gasteiger partial charge in [-0.25, -0.2) is 0 Å². The Hall–Kier alpha value is 0.110. The number of aliphatic hydroxyl groups is 1. The first kappa shape index (κ1) is 19.1. The molecule has 0 fully saturated rings. The standard InChI is InChI=1S/C14H31O4P/c1-4-7-8-9-10-11-12-13-14(15)19(16,17-5-2)18-6-3/h14-15H,4-13H2,1-3H3/t14-/m0/s1. The van der Waals surface area contributed by atoms with Gasteiger partial charge in [0.25, 0.3) is 0 Å². The van der Waals surface area contributed by atoms with E-state index in [0.29, 0.717) is 19.6 Å². The van der Waals surface area contributed by atoms with Crippen molar-refractivity contribution in [3.05, 3.63) is 0 Å². The van der Waals surface area contributed by atoms with Crippen LogP contribution in [-0.4, -0.2) is 24.2 Å². The Morgan fingerprint density at radius 2 is 1.37 bits per heavy atom. The molecule has 4 nitrogen and oxygen atoms in total. The predicted octanol–water partition coefficient (Wildman–Crippen LogP) is 4.71. The minimum atomic E-state index is -3.32. The van der Waals surface area contributed by atoms with Crippen LogP contribution in [0, 0.1) is 0 Å². The molecule has 19 heavy (non-hydrogen) atoms. The van der Waals surface area contributed by atoms with Gasteiger partial charge in [-0.05, 0) is 20.3 Å². The van der Waals surface area contributed by atoms with Gasteiger partial charge in [0.15, 0.2) is 5.85 Å². The van der Waals surface area contributed by atoms with Gasteiger partial charge in [-0.2, -0.15) is 0 Å². The molecule has 0 aromatic heterocycles. The average molecular weight is 294 g/mol. The van der Waals surface area contributed by atoms with Crippen LogP contribution in [0.2, 0.25) is 0 Å². The Kier molecular flexibility index (Phi) is 12.0. The summed E-state index contributed by atoms with van der Waals surface area (Å²) in [5, 5.41) is 9.96. The lowest BCUT2D eigenvalue weighted by molar-refractivity contribution is 0.142. The highest BCUT2D eigenvalue weighted by Crippen LogP contribution is 2.53. The van der Waals surface area contributed by atoms with E-state index < -0.39 is 13.4 Å². The summed E-state index contributed by atoms with van der Waals surface area (Å²) in [6.07, 6.45) is 8.70. The number of hydrogen-bond donors (Lipinski definition) is 1. The molecule has 0 rings (SSSR count). The van der Waals surface area contributed by atoms with Gasteiger partial charge in [0.05, 0.1) is 13.2 Å². The van der Waals surface area contributed by atoms with Crippen molar-refractivity contribution in [2.24, 2.45) is 0 Å². The molecule has 0 saturated heterocycles. The second-order valence-corrected chi connectivity index (χ2v) is 6.96. The molecular formula is C14H31O4P. The van der Waals surface area contributed by atoms with Gasteiger partial charge < -0.3 is 14.2 Å². The van der Waals surface area contributed by atoms with Crippen LogP contribution in [0.25, 0.3) is 0 Å². The van der Waals surface area contributed by atoms with Gasteiger partial charge in [-0.1, -0.05) is 51.9 Å². The zero-order valence-electron chi connectivity index (χ0n) is 12.8. The van der Waals surface area contributed by atoms with E-state index in [0.717, 1.165) is 12.8 Å². The lowest BCUT2D eigenvalue weighted by Crippen LogP contribution is -2.12. The van der Waals surface area contributed by atoms with E-state index in [1.54, 1.807) is 13.8 Å². The fourth-order valence-electron chi connectivity index (χ4n) is 2.01. The van der Waals surface area contributed by atoms with Crippen molar-refractivity contribution in [3.8, 4) is 0 Å². The van der Waals surface area contributed by atoms with Crippen molar-refractivity contribution in [1.29, 1.82) is 0 Å². The van der Waals surface area contributed by atoms with Crippen LogP contribution in [-0.2, 0) is 13.6 Å². The van der Waals surface area contributed by atoms with Gasteiger partial charge in [-0.3, -0.25) is 4.57 Å². The largest absolute Gasteiger partial charge is 0.380 e. The maximum Gasteiger partial charge on any atom is 0.358 e. The molecule has 0 spiro atoms. The first-order valence-corrected chi connectivity index (χ1v) is 9.28. The van der Waals surface area contributed by atoms with Crippen LogP contribution < -0.4 is 0 Å². The molecule has 0 aromatic carbocycles. The Balaban J connectivity index is 3.81. The van der Waals surface area contributed by atoms with Crippen molar-refractivity contribution < 1.29 is 18.7 Å². The number of aliphatic hydroxyl groups excluding tert-OH is 1. The van der Waals surface area contributed by atoms with Gasteiger partial charge in [0.2, 0.25) is 0 Å². The van der Waals surface area contributed by atoms with Crippen molar-refractivity contribution >= 4 is 7.60 Å². The molecule has 0 radical (unpaired) electrons. The smallest absolute Gasteiger partial charge is 0.358 e. The second-order valence-electron chi connectivity index (χ2n) is 4.77. The molecule has 0 aliphatic carbocycles. The predicted molar refractivity (Wildman–Crippen MR) is 79.5 cm³/mol. The summed E-state index contributed by atoms with van der Waals surface area (Å²) in [6.45, 7) is 6.31.